The van der Waals surface area contributed by atoms with Crippen molar-refractivity contribution in [2.45, 2.75) is 0 Å². The van der Waals surface area contributed by atoms with Crippen LogP contribution in [0.3, 0.4) is 0 Å². The summed E-state index contributed by atoms with van der Waals surface area (Å²) in [6.45, 7) is 0. The first-order valence-corrected chi connectivity index (χ1v) is 7.55. The minimum absolute atomic E-state index is 0.0803. The minimum atomic E-state index is -1.07. The SMILES string of the molecule is N=C(N)SCOC(=O)c1ccccc1-c1ccccc1C(=O)O. The third-order valence-electron chi connectivity index (χ3n) is 3.00. The fourth-order valence-electron chi connectivity index (χ4n) is 2.02. The van der Waals surface area contributed by atoms with E-state index in [0.717, 1.165) is 11.8 Å². The molecule has 0 fully saturated rings. The summed E-state index contributed by atoms with van der Waals surface area (Å²) in [5.41, 5.74) is 6.45. The van der Waals surface area contributed by atoms with Gasteiger partial charge in [0.05, 0.1) is 11.1 Å². The van der Waals surface area contributed by atoms with Gasteiger partial charge in [0.25, 0.3) is 0 Å². The highest BCUT2D eigenvalue weighted by atomic mass is 32.2. The first-order chi connectivity index (χ1) is 11.0. The zero-order valence-electron chi connectivity index (χ0n) is 12.0. The lowest BCUT2D eigenvalue weighted by atomic mass is 9.95. The van der Waals surface area contributed by atoms with E-state index in [1.807, 2.05) is 0 Å². The molecule has 0 amide bonds. The quantitative estimate of drug-likeness (QED) is 0.336. The molecule has 0 bridgehead atoms. The summed E-state index contributed by atoms with van der Waals surface area (Å²) in [5, 5.41) is 16.2. The molecule has 23 heavy (non-hydrogen) atoms. The van der Waals surface area contributed by atoms with E-state index in [9.17, 15) is 14.7 Å². The van der Waals surface area contributed by atoms with Crippen molar-refractivity contribution in [3.05, 3.63) is 59.7 Å². The van der Waals surface area contributed by atoms with E-state index in [0.29, 0.717) is 11.1 Å². The fourth-order valence-corrected chi connectivity index (χ4v) is 2.32. The Hall–Kier alpha value is -2.80. The summed E-state index contributed by atoms with van der Waals surface area (Å²) in [5.74, 6) is -1.76. The zero-order valence-corrected chi connectivity index (χ0v) is 12.8. The predicted octanol–water partition coefficient (Wildman–Crippen LogP) is 2.79. The van der Waals surface area contributed by atoms with Crippen molar-refractivity contribution in [3.8, 4) is 11.1 Å². The molecule has 4 N–H and O–H groups in total. The highest BCUT2D eigenvalue weighted by Gasteiger charge is 2.18. The molecule has 0 spiro atoms. The van der Waals surface area contributed by atoms with Crippen molar-refractivity contribution in [2.24, 2.45) is 5.73 Å². The number of hydrogen-bond donors (Lipinski definition) is 3. The summed E-state index contributed by atoms with van der Waals surface area (Å²) in [6.07, 6.45) is 0. The van der Waals surface area contributed by atoms with Crippen molar-refractivity contribution in [2.75, 3.05) is 5.94 Å². The molecule has 2 aromatic rings. The van der Waals surface area contributed by atoms with Gasteiger partial charge in [-0.15, -0.1) is 0 Å². The van der Waals surface area contributed by atoms with Gasteiger partial charge in [0.2, 0.25) is 0 Å². The lowest BCUT2D eigenvalue weighted by Gasteiger charge is -2.11. The fraction of sp³-hybridized carbons (Fsp3) is 0.0625. The van der Waals surface area contributed by atoms with Crippen LogP contribution in [0.1, 0.15) is 20.7 Å². The van der Waals surface area contributed by atoms with Gasteiger partial charge in [-0.3, -0.25) is 5.41 Å². The van der Waals surface area contributed by atoms with Crippen LogP contribution in [0.25, 0.3) is 11.1 Å². The number of ether oxygens (including phenoxy) is 1. The van der Waals surface area contributed by atoms with E-state index in [1.54, 1.807) is 42.5 Å². The largest absolute Gasteiger partial charge is 0.478 e. The van der Waals surface area contributed by atoms with Crippen molar-refractivity contribution >= 4 is 28.9 Å². The van der Waals surface area contributed by atoms with Crippen LogP contribution in [0.5, 0.6) is 0 Å². The topological polar surface area (TPSA) is 113 Å². The zero-order chi connectivity index (χ0) is 16.8. The van der Waals surface area contributed by atoms with Crippen LogP contribution in [0.4, 0.5) is 0 Å². The van der Waals surface area contributed by atoms with Gasteiger partial charge in [0, 0.05) is 0 Å². The lowest BCUT2D eigenvalue weighted by molar-refractivity contribution is 0.0579. The van der Waals surface area contributed by atoms with Gasteiger partial charge >= 0.3 is 11.9 Å². The van der Waals surface area contributed by atoms with Gasteiger partial charge in [-0.2, -0.15) is 0 Å². The summed E-state index contributed by atoms with van der Waals surface area (Å²) in [7, 11) is 0. The smallest absolute Gasteiger partial charge is 0.339 e. The van der Waals surface area contributed by atoms with Gasteiger partial charge in [0.1, 0.15) is 5.94 Å². The van der Waals surface area contributed by atoms with Gasteiger partial charge in [-0.25, -0.2) is 9.59 Å². The molecule has 118 valence electrons. The van der Waals surface area contributed by atoms with E-state index in [-0.39, 0.29) is 22.2 Å². The molecular formula is C16H14N2O4S. The molecular weight excluding hydrogens is 316 g/mol. The summed E-state index contributed by atoms with van der Waals surface area (Å²) < 4.78 is 5.06. The molecule has 7 heteroatoms. The number of nitrogens with two attached hydrogens (primary N) is 1. The summed E-state index contributed by atoms with van der Waals surface area (Å²) >= 11 is 0.888. The van der Waals surface area contributed by atoms with Crippen LogP contribution in [-0.4, -0.2) is 28.2 Å². The Balaban J connectivity index is 2.37. The molecule has 2 aromatic carbocycles. The number of nitrogens with one attached hydrogen (secondary N) is 1. The standard InChI is InChI=1S/C16H14N2O4S/c17-16(18)23-9-22-15(21)13-8-4-2-6-11(13)10-5-1-3-7-12(10)14(19)20/h1-8H,9H2,(H3,17,18)(H,19,20). The van der Waals surface area contributed by atoms with E-state index in [4.69, 9.17) is 15.9 Å². The van der Waals surface area contributed by atoms with Crippen LogP contribution in [0, 0.1) is 5.41 Å². The predicted molar refractivity (Wildman–Crippen MR) is 88.6 cm³/mol. The number of aromatic carboxylic acids is 1. The molecule has 0 saturated heterocycles. The third kappa shape index (κ3) is 4.10. The molecule has 0 aliphatic rings. The molecule has 0 aliphatic carbocycles. The Morgan fingerprint density at radius 3 is 2.13 bits per heavy atom. The van der Waals surface area contributed by atoms with Crippen molar-refractivity contribution in [1.82, 2.24) is 0 Å². The summed E-state index contributed by atoms with van der Waals surface area (Å²) in [6, 6.07) is 13.1. The first kappa shape index (κ1) is 16.6. The van der Waals surface area contributed by atoms with Crippen molar-refractivity contribution in [1.29, 1.82) is 5.41 Å². The maximum Gasteiger partial charge on any atom is 0.339 e. The number of amidine groups is 1. The Labute approximate surface area is 136 Å². The normalized spacial score (nSPS) is 10.1. The molecule has 0 unspecified atom stereocenters. The molecule has 6 nitrogen and oxygen atoms in total. The second-order valence-corrected chi connectivity index (χ2v) is 5.42. The number of carboxylic acid groups (broad SMARTS) is 1. The van der Waals surface area contributed by atoms with Gasteiger partial charge < -0.3 is 15.6 Å². The first-order valence-electron chi connectivity index (χ1n) is 6.56. The number of esters is 1. The highest BCUT2D eigenvalue weighted by Crippen LogP contribution is 2.28. The second-order valence-electron chi connectivity index (χ2n) is 4.45. The average Bonchev–Trinajstić information content (AvgIpc) is 2.54. The van der Waals surface area contributed by atoms with Gasteiger partial charge in [-0.1, -0.05) is 36.4 Å². The van der Waals surface area contributed by atoms with E-state index in [1.165, 1.54) is 6.07 Å². The van der Waals surface area contributed by atoms with Crippen LogP contribution in [0.15, 0.2) is 48.5 Å². The van der Waals surface area contributed by atoms with E-state index >= 15 is 0 Å². The average molecular weight is 330 g/mol. The monoisotopic (exact) mass is 330 g/mol. The van der Waals surface area contributed by atoms with Crippen LogP contribution in [0.2, 0.25) is 0 Å². The molecule has 0 aromatic heterocycles. The Bertz CT molecular complexity index is 761. The van der Waals surface area contributed by atoms with Crippen LogP contribution in [-0.2, 0) is 4.74 Å². The third-order valence-corrected chi connectivity index (χ3v) is 3.55. The maximum atomic E-state index is 12.2. The maximum absolute atomic E-state index is 12.2. The molecule has 2 rings (SSSR count). The number of hydrogen-bond acceptors (Lipinski definition) is 5. The summed E-state index contributed by atoms with van der Waals surface area (Å²) in [4.78, 5) is 23.6. The second kappa shape index (κ2) is 7.46. The molecule has 0 atom stereocenters. The molecule has 0 radical (unpaired) electrons. The van der Waals surface area contributed by atoms with Crippen molar-refractivity contribution < 1.29 is 19.4 Å². The van der Waals surface area contributed by atoms with Crippen LogP contribution >= 0.6 is 11.8 Å². The minimum Gasteiger partial charge on any atom is -0.478 e. The van der Waals surface area contributed by atoms with Crippen LogP contribution < -0.4 is 5.73 Å². The Kier molecular flexibility index (Phi) is 5.37. The lowest BCUT2D eigenvalue weighted by Crippen LogP contribution is -2.11. The van der Waals surface area contributed by atoms with Gasteiger partial charge in [-0.05, 0) is 35.0 Å². The van der Waals surface area contributed by atoms with E-state index in [2.05, 4.69) is 0 Å². The van der Waals surface area contributed by atoms with Crippen molar-refractivity contribution in [3.63, 3.8) is 0 Å². The van der Waals surface area contributed by atoms with Gasteiger partial charge in [0.15, 0.2) is 5.17 Å². The number of carbonyl (C=O) groups is 2. The molecule has 0 aliphatic heterocycles. The molecule has 0 saturated carbocycles. The number of thioether (sulfide) groups is 1. The Morgan fingerprint density at radius 1 is 1.04 bits per heavy atom. The number of carboxylic acids is 1. The Morgan fingerprint density at radius 2 is 1.57 bits per heavy atom. The number of benzene rings is 2. The van der Waals surface area contributed by atoms with E-state index < -0.39 is 11.9 Å². The molecule has 0 heterocycles. The number of carbonyl (C=O) groups excluding carboxylic acids is 1. The highest BCUT2D eigenvalue weighted by molar-refractivity contribution is 8.13. The number of rotatable bonds is 5.